The van der Waals surface area contributed by atoms with Gasteiger partial charge in [-0.25, -0.2) is 0 Å². The van der Waals surface area contributed by atoms with Gasteiger partial charge < -0.3 is 0 Å². The van der Waals surface area contributed by atoms with Gasteiger partial charge in [-0.05, 0) is 17.9 Å². The van der Waals surface area contributed by atoms with E-state index in [0.717, 1.165) is 5.92 Å². The van der Waals surface area contributed by atoms with Crippen LogP contribution in [-0.2, 0) is 6.42 Å². The Bertz CT molecular complexity index is 228. The van der Waals surface area contributed by atoms with Gasteiger partial charge in [-0.1, -0.05) is 38.1 Å². The summed E-state index contributed by atoms with van der Waals surface area (Å²) in [6.07, 6.45) is 1.20. The van der Waals surface area contributed by atoms with E-state index in [4.69, 9.17) is 0 Å². The Kier molecular flexibility index (Phi) is 4.61. The summed E-state index contributed by atoms with van der Waals surface area (Å²) in [4.78, 5) is 0. The molecule has 0 spiro atoms. The van der Waals surface area contributed by atoms with Crippen molar-refractivity contribution in [1.29, 1.82) is 0 Å². The Hall–Kier alpha value is 0.466. The summed E-state index contributed by atoms with van der Waals surface area (Å²) in [6, 6.07) is 9.00. The lowest BCUT2D eigenvalue weighted by Gasteiger charge is -2.04. The van der Waals surface area contributed by atoms with Crippen molar-refractivity contribution in [3.8, 4) is 0 Å². The highest BCUT2D eigenvalue weighted by atomic mass is 79.9. The Morgan fingerprint density at radius 1 is 1.25 bits per heavy atom. The first-order chi connectivity index (χ1) is 5.72. The van der Waals surface area contributed by atoms with E-state index in [0.29, 0.717) is 0 Å². The van der Waals surface area contributed by atoms with Crippen molar-refractivity contribution in [1.82, 2.24) is 0 Å². The minimum atomic E-state index is -0.139. The first-order valence-electron chi connectivity index (χ1n) is 4.36. The Balaban J connectivity index is 2.65. The summed E-state index contributed by atoms with van der Waals surface area (Å²) in [6.45, 7) is 4.51. The van der Waals surface area contributed by atoms with Crippen LogP contribution in [0.3, 0.4) is 0 Å². The van der Waals surface area contributed by atoms with Crippen LogP contribution in [0.15, 0.2) is 24.3 Å². The molecule has 0 atom stereocenters. The van der Waals surface area contributed by atoms with Crippen LogP contribution in [0.25, 0.3) is 0 Å². The third-order valence-electron chi connectivity index (χ3n) is 1.82. The fourth-order valence-electron chi connectivity index (χ4n) is 1.24. The molecule has 0 saturated carbocycles. The van der Waals surface area contributed by atoms with E-state index in [1.165, 1.54) is 15.7 Å². The smallest absolute Gasteiger partial charge is 0.296 e. The summed E-state index contributed by atoms with van der Waals surface area (Å²) >= 11 is 3.43. The minimum absolute atomic E-state index is 0.139. The van der Waals surface area contributed by atoms with Gasteiger partial charge >= 0.3 is 18.2 Å². The van der Waals surface area contributed by atoms with Gasteiger partial charge in [-0.15, -0.1) is 0 Å². The molecule has 0 aliphatic heterocycles. The molecule has 2 heteroatoms. The van der Waals surface area contributed by atoms with Crippen molar-refractivity contribution >= 4 is 34.8 Å². The largest absolute Gasteiger partial charge is 0.506 e. The fraction of sp³-hybridized carbons (Fsp3) is 0.400. The highest BCUT2D eigenvalue weighted by Crippen LogP contribution is 2.05. The highest BCUT2D eigenvalue weighted by molar-refractivity contribution is 9.23. The molecule has 0 N–H and O–H groups in total. The van der Waals surface area contributed by atoms with E-state index in [1.54, 1.807) is 0 Å². The van der Waals surface area contributed by atoms with E-state index < -0.39 is 0 Å². The second-order valence-corrected chi connectivity index (χ2v) is 6.31. The predicted molar refractivity (Wildman–Crippen MR) is 59.3 cm³/mol. The second kappa shape index (κ2) is 5.25. The van der Waals surface area contributed by atoms with E-state index in [-0.39, 0.29) is 18.2 Å². The SMILES string of the molecule is CC(C)Cc1cc[c]([Mg][Br])cc1. The van der Waals surface area contributed by atoms with Gasteiger partial charge in [0.1, 0.15) is 0 Å². The second-order valence-electron chi connectivity index (χ2n) is 3.55. The molecule has 0 heterocycles. The lowest BCUT2D eigenvalue weighted by molar-refractivity contribution is 0.647. The lowest BCUT2D eigenvalue weighted by atomic mass is 10.0. The lowest BCUT2D eigenvalue weighted by Crippen LogP contribution is -2.07. The Morgan fingerprint density at radius 2 is 1.83 bits per heavy atom. The zero-order valence-corrected chi connectivity index (χ0v) is 10.7. The van der Waals surface area contributed by atoms with Crippen molar-refractivity contribution in [2.45, 2.75) is 20.3 Å². The molecule has 0 fully saturated rings. The van der Waals surface area contributed by atoms with Crippen molar-refractivity contribution in [2.24, 2.45) is 5.92 Å². The van der Waals surface area contributed by atoms with E-state index >= 15 is 0 Å². The van der Waals surface area contributed by atoms with Crippen LogP contribution in [0.5, 0.6) is 0 Å². The van der Waals surface area contributed by atoms with Crippen molar-refractivity contribution in [3.05, 3.63) is 29.8 Å². The van der Waals surface area contributed by atoms with Crippen LogP contribution in [0.4, 0.5) is 0 Å². The minimum Gasteiger partial charge on any atom is -0.296 e. The van der Waals surface area contributed by atoms with Crippen LogP contribution in [-0.4, -0.2) is 18.2 Å². The molecule has 12 heavy (non-hydrogen) atoms. The molecule has 62 valence electrons. The maximum Gasteiger partial charge on any atom is 0.506 e. The molecule has 1 aromatic rings. The molecule has 1 aromatic carbocycles. The van der Waals surface area contributed by atoms with Gasteiger partial charge in [-0.3, -0.25) is 12.9 Å². The normalized spacial score (nSPS) is 10.0. The maximum absolute atomic E-state index is 3.57. The van der Waals surface area contributed by atoms with Crippen LogP contribution in [0.2, 0.25) is 0 Å². The first-order valence-corrected chi connectivity index (χ1v) is 8.96. The van der Waals surface area contributed by atoms with Gasteiger partial charge in [0.05, 0.1) is 0 Å². The zero-order valence-electron chi connectivity index (χ0n) is 7.68. The third-order valence-corrected chi connectivity index (χ3v) is 4.54. The van der Waals surface area contributed by atoms with Crippen molar-refractivity contribution < 1.29 is 0 Å². The standard InChI is InChI=1S/C10H13.BrH.Mg/c1-9(2)8-10-6-4-3-5-7-10;;/h4-7,9H,8H2,1-2H3;1H;/q;;+1/p-1. The van der Waals surface area contributed by atoms with Gasteiger partial charge in [0, 0.05) is 0 Å². The molecule has 0 aliphatic rings. The summed E-state index contributed by atoms with van der Waals surface area (Å²) in [5.41, 5.74) is 1.46. The van der Waals surface area contributed by atoms with Gasteiger partial charge in [0.25, 0.3) is 0 Å². The monoisotopic (exact) mass is 236 g/mol. The van der Waals surface area contributed by atoms with E-state index in [2.05, 4.69) is 51.0 Å². The van der Waals surface area contributed by atoms with Crippen molar-refractivity contribution in [3.63, 3.8) is 0 Å². The number of benzene rings is 1. The average Bonchev–Trinajstić information content (AvgIpc) is 2.05. The molecule has 0 aromatic heterocycles. The van der Waals surface area contributed by atoms with Crippen LogP contribution in [0, 0.1) is 5.92 Å². The molecule has 0 radical (unpaired) electrons. The summed E-state index contributed by atoms with van der Waals surface area (Å²) < 4.78 is 1.49. The highest BCUT2D eigenvalue weighted by Gasteiger charge is 1.98. The molecule has 1 rings (SSSR count). The number of rotatable bonds is 3. The maximum atomic E-state index is 3.57. The molecule has 0 bridgehead atoms. The molecule has 0 saturated heterocycles. The van der Waals surface area contributed by atoms with Gasteiger partial charge in [0.2, 0.25) is 0 Å². The quantitative estimate of drug-likeness (QED) is 0.709. The summed E-state index contributed by atoms with van der Waals surface area (Å²) in [5, 5.41) is 0. The van der Waals surface area contributed by atoms with Crippen LogP contribution < -0.4 is 3.69 Å². The fourth-order valence-corrected chi connectivity index (χ4v) is 2.77. The number of hydrogen-bond donors (Lipinski definition) is 0. The Labute approximate surface area is 90.3 Å². The van der Waals surface area contributed by atoms with Gasteiger partial charge in [0.15, 0.2) is 0 Å². The number of hydrogen-bond acceptors (Lipinski definition) is 0. The summed E-state index contributed by atoms with van der Waals surface area (Å²) in [7, 11) is 0. The predicted octanol–water partition coefficient (Wildman–Crippen LogP) is 2.52. The third kappa shape index (κ3) is 3.46. The topological polar surface area (TPSA) is 0 Å². The molecular weight excluding hydrogens is 224 g/mol. The molecule has 0 unspecified atom stereocenters. The summed E-state index contributed by atoms with van der Waals surface area (Å²) in [5.74, 6) is 0.761. The first kappa shape index (κ1) is 10.5. The average molecular weight is 237 g/mol. The van der Waals surface area contributed by atoms with E-state index in [9.17, 15) is 0 Å². The number of halogens is 1. The van der Waals surface area contributed by atoms with Crippen molar-refractivity contribution in [2.75, 3.05) is 0 Å². The molecule has 0 amide bonds. The molecular formula is C10H13BrMg. The van der Waals surface area contributed by atoms with E-state index in [1.807, 2.05) is 0 Å². The Morgan fingerprint density at radius 3 is 2.25 bits per heavy atom. The van der Waals surface area contributed by atoms with Crippen LogP contribution >= 0.6 is 12.9 Å². The molecule has 0 nitrogen and oxygen atoms in total. The molecule has 0 aliphatic carbocycles. The van der Waals surface area contributed by atoms with Gasteiger partial charge in [-0.2, -0.15) is 3.69 Å². The zero-order chi connectivity index (χ0) is 8.97. The van der Waals surface area contributed by atoms with Crippen LogP contribution in [0.1, 0.15) is 19.4 Å².